The number of carbonyl (C=O) groups excluding carboxylic acids is 2. The fraction of sp³-hybridized carbons (Fsp3) is 0.400. The molecule has 2 aliphatic heterocycles. The Bertz CT molecular complexity index is 1200. The molecule has 0 unspecified atom stereocenters. The second-order valence-electron chi connectivity index (χ2n) is 9.83. The predicted octanol–water partition coefficient (Wildman–Crippen LogP) is 4.28. The Labute approximate surface area is 223 Å². The molecule has 6 nitrogen and oxygen atoms in total. The Hall–Kier alpha value is -3.00. The van der Waals surface area contributed by atoms with Gasteiger partial charge in [0, 0.05) is 50.6 Å². The number of amides is 2. The first-order chi connectivity index (χ1) is 18.1. The number of fused-ring (bicyclic) bond motifs is 1. The van der Waals surface area contributed by atoms with Crippen LogP contribution in [0, 0.1) is 6.92 Å². The van der Waals surface area contributed by atoms with E-state index in [2.05, 4.69) is 47.5 Å². The number of ether oxygens (including phenoxy) is 1. The largest absolute Gasteiger partial charge is 0.367 e. The lowest BCUT2D eigenvalue weighted by atomic mass is 9.90. The van der Waals surface area contributed by atoms with Gasteiger partial charge in [0.2, 0.25) is 11.8 Å². The molecule has 194 valence electrons. The number of aryl methyl sites for hydroxylation is 1. The van der Waals surface area contributed by atoms with Gasteiger partial charge in [0.25, 0.3) is 0 Å². The van der Waals surface area contributed by atoms with Crippen molar-refractivity contribution in [2.24, 2.45) is 0 Å². The van der Waals surface area contributed by atoms with Crippen molar-refractivity contribution in [3.05, 3.63) is 93.2 Å². The van der Waals surface area contributed by atoms with Crippen LogP contribution in [0.3, 0.4) is 0 Å². The maximum absolute atomic E-state index is 13.1. The zero-order chi connectivity index (χ0) is 25.6. The van der Waals surface area contributed by atoms with E-state index in [0.717, 1.165) is 25.1 Å². The molecule has 0 N–H and O–H groups in total. The first kappa shape index (κ1) is 25.6. The third-order valence-electron chi connectivity index (χ3n) is 7.48. The zero-order valence-electron chi connectivity index (χ0n) is 21.5. The van der Waals surface area contributed by atoms with E-state index in [0.29, 0.717) is 39.2 Å². The van der Waals surface area contributed by atoms with Crippen molar-refractivity contribution in [1.82, 2.24) is 14.7 Å². The van der Waals surface area contributed by atoms with Crippen LogP contribution in [0.1, 0.15) is 39.6 Å². The number of rotatable bonds is 8. The molecule has 2 amide bonds. The zero-order valence-corrected chi connectivity index (χ0v) is 22.3. The SMILES string of the molecule is Cc1ccccc1[C@H]1c2ccsc2CCN1CCC(=O)N1CCN(C(=O)COCc2ccccc2)CC1. The lowest BCUT2D eigenvalue weighted by molar-refractivity contribution is -0.142. The Kier molecular flexibility index (Phi) is 8.34. The Morgan fingerprint density at radius 1 is 0.865 bits per heavy atom. The van der Waals surface area contributed by atoms with E-state index in [-0.39, 0.29) is 24.5 Å². The summed E-state index contributed by atoms with van der Waals surface area (Å²) in [6.45, 7) is 6.66. The van der Waals surface area contributed by atoms with Crippen molar-refractivity contribution in [3.8, 4) is 0 Å². The maximum Gasteiger partial charge on any atom is 0.248 e. The van der Waals surface area contributed by atoms with Gasteiger partial charge in [-0.1, -0.05) is 54.6 Å². The minimum absolute atomic E-state index is 0.0102. The fourth-order valence-corrected chi connectivity index (χ4v) is 6.30. The molecular weight excluding hydrogens is 482 g/mol. The van der Waals surface area contributed by atoms with Crippen LogP contribution in [0.25, 0.3) is 0 Å². The molecule has 3 aromatic rings. The van der Waals surface area contributed by atoms with Crippen LogP contribution in [-0.4, -0.2) is 72.4 Å². The van der Waals surface area contributed by atoms with Gasteiger partial charge in [-0.3, -0.25) is 14.5 Å². The first-order valence-electron chi connectivity index (χ1n) is 13.1. The number of carbonyl (C=O) groups is 2. The van der Waals surface area contributed by atoms with Crippen molar-refractivity contribution in [2.45, 2.75) is 32.4 Å². The van der Waals surface area contributed by atoms with Crippen molar-refractivity contribution < 1.29 is 14.3 Å². The molecule has 7 heteroatoms. The molecule has 2 aliphatic rings. The molecule has 3 heterocycles. The van der Waals surface area contributed by atoms with Crippen LogP contribution < -0.4 is 0 Å². The van der Waals surface area contributed by atoms with Crippen LogP contribution in [0.15, 0.2) is 66.0 Å². The second-order valence-corrected chi connectivity index (χ2v) is 10.8. The molecule has 0 radical (unpaired) electrons. The van der Waals surface area contributed by atoms with Gasteiger partial charge >= 0.3 is 0 Å². The summed E-state index contributed by atoms with van der Waals surface area (Å²) in [4.78, 5) is 33.3. The van der Waals surface area contributed by atoms with Crippen molar-refractivity contribution in [1.29, 1.82) is 0 Å². The molecule has 2 aromatic carbocycles. The monoisotopic (exact) mass is 517 g/mol. The molecule has 0 saturated carbocycles. The smallest absolute Gasteiger partial charge is 0.248 e. The van der Waals surface area contributed by atoms with Gasteiger partial charge in [-0.25, -0.2) is 0 Å². The minimum atomic E-state index is -0.0102. The van der Waals surface area contributed by atoms with Gasteiger partial charge < -0.3 is 14.5 Å². The topological polar surface area (TPSA) is 53.1 Å². The molecule has 0 spiro atoms. The first-order valence-corrected chi connectivity index (χ1v) is 14.0. The number of hydrogen-bond donors (Lipinski definition) is 0. The van der Waals surface area contributed by atoms with Gasteiger partial charge in [-0.05, 0) is 47.0 Å². The van der Waals surface area contributed by atoms with E-state index >= 15 is 0 Å². The van der Waals surface area contributed by atoms with Crippen molar-refractivity contribution in [2.75, 3.05) is 45.9 Å². The molecule has 1 aromatic heterocycles. The summed E-state index contributed by atoms with van der Waals surface area (Å²) in [6.07, 6.45) is 1.53. The highest BCUT2D eigenvalue weighted by Gasteiger charge is 2.31. The van der Waals surface area contributed by atoms with Gasteiger partial charge in [0.15, 0.2) is 0 Å². The summed E-state index contributed by atoms with van der Waals surface area (Å²) >= 11 is 1.84. The van der Waals surface area contributed by atoms with E-state index in [1.807, 2.05) is 51.5 Å². The molecule has 0 aliphatic carbocycles. The standard InChI is InChI=1S/C30H35N3O3S/c1-23-7-5-6-10-25(23)30-26-13-20-37-27(26)11-14-33(30)15-12-28(34)31-16-18-32(19-17-31)29(35)22-36-21-24-8-3-2-4-9-24/h2-10,13,20,30H,11-12,14-19,21-22H2,1H3/t30-/m0/s1. The van der Waals surface area contributed by atoms with E-state index in [4.69, 9.17) is 4.74 Å². The average molecular weight is 518 g/mol. The summed E-state index contributed by atoms with van der Waals surface area (Å²) in [5.74, 6) is 0.163. The molecule has 5 rings (SSSR count). The highest BCUT2D eigenvalue weighted by molar-refractivity contribution is 7.10. The third kappa shape index (κ3) is 6.12. The number of nitrogens with zero attached hydrogens (tertiary/aromatic N) is 3. The predicted molar refractivity (Wildman–Crippen MR) is 146 cm³/mol. The summed E-state index contributed by atoms with van der Waals surface area (Å²) in [5, 5.41) is 2.19. The van der Waals surface area contributed by atoms with Crippen LogP contribution >= 0.6 is 11.3 Å². The quantitative estimate of drug-likeness (QED) is 0.448. The maximum atomic E-state index is 13.1. The van der Waals surface area contributed by atoms with Gasteiger partial charge in [-0.2, -0.15) is 0 Å². The third-order valence-corrected chi connectivity index (χ3v) is 8.48. The fourth-order valence-electron chi connectivity index (χ4n) is 5.39. The van der Waals surface area contributed by atoms with E-state index in [1.165, 1.54) is 21.6 Å². The molecule has 37 heavy (non-hydrogen) atoms. The van der Waals surface area contributed by atoms with Gasteiger partial charge in [0.05, 0.1) is 12.6 Å². The van der Waals surface area contributed by atoms with E-state index < -0.39 is 0 Å². The Balaban J connectivity index is 1.11. The molecule has 1 saturated heterocycles. The summed E-state index contributed by atoms with van der Waals surface area (Å²) in [7, 11) is 0. The van der Waals surface area contributed by atoms with E-state index in [1.54, 1.807) is 0 Å². The number of thiophene rings is 1. The van der Waals surface area contributed by atoms with Gasteiger partial charge in [0.1, 0.15) is 6.61 Å². The number of benzene rings is 2. The normalized spacial score (nSPS) is 18.0. The van der Waals surface area contributed by atoms with Crippen molar-refractivity contribution in [3.63, 3.8) is 0 Å². The molecule has 0 bridgehead atoms. The van der Waals surface area contributed by atoms with Crippen LogP contribution in [0.4, 0.5) is 0 Å². The summed E-state index contributed by atoms with van der Waals surface area (Å²) < 4.78 is 5.61. The highest BCUT2D eigenvalue weighted by Crippen LogP contribution is 2.38. The van der Waals surface area contributed by atoms with Crippen LogP contribution in [0.5, 0.6) is 0 Å². The lowest BCUT2D eigenvalue weighted by Gasteiger charge is -2.38. The molecule has 1 fully saturated rings. The molecule has 1 atom stereocenters. The Morgan fingerprint density at radius 3 is 2.32 bits per heavy atom. The van der Waals surface area contributed by atoms with E-state index in [9.17, 15) is 9.59 Å². The van der Waals surface area contributed by atoms with Crippen molar-refractivity contribution >= 4 is 23.2 Å². The van der Waals surface area contributed by atoms with Crippen LogP contribution in [0.2, 0.25) is 0 Å². The summed E-state index contributed by atoms with van der Waals surface area (Å²) in [6, 6.07) is 20.9. The number of piperazine rings is 1. The number of hydrogen-bond acceptors (Lipinski definition) is 5. The molecular formula is C30H35N3O3S. The average Bonchev–Trinajstić information content (AvgIpc) is 3.41. The minimum Gasteiger partial charge on any atom is -0.367 e. The van der Waals surface area contributed by atoms with Crippen LogP contribution in [-0.2, 0) is 27.4 Å². The lowest BCUT2D eigenvalue weighted by Crippen LogP contribution is -2.51. The highest BCUT2D eigenvalue weighted by atomic mass is 32.1. The summed E-state index contributed by atoms with van der Waals surface area (Å²) in [5.41, 5.74) is 5.06. The van der Waals surface area contributed by atoms with Gasteiger partial charge in [-0.15, -0.1) is 11.3 Å². The second kappa shape index (κ2) is 12.0. The Morgan fingerprint density at radius 2 is 1.57 bits per heavy atom.